The van der Waals surface area contributed by atoms with Gasteiger partial charge in [-0.1, -0.05) is 84.9 Å². The van der Waals surface area contributed by atoms with Gasteiger partial charge in [0.05, 0.1) is 0 Å². The number of para-hydroxylation sites is 1. The van der Waals surface area contributed by atoms with Gasteiger partial charge in [0.25, 0.3) is 0 Å². The number of hydrogen-bond acceptors (Lipinski definition) is 3. The quantitative estimate of drug-likeness (QED) is 0.458. The van der Waals surface area contributed by atoms with Crippen LogP contribution in [0.4, 0.5) is 11.4 Å². The Balaban J connectivity index is 1.59. The lowest BCUT2D eigenvalue weighted by atomic mass is 9.79. The predicted molar refractivity (Wildman–Crippen MR) is 117 cm³/mol. The molecule has 4 aromatic rings. The molecular weight excluding hydrogens is 345 g/mol. The Bertz CT molecular complexity index is 1060. The molecule has 136 valence electrons. The first-order chi connectivity index (χ1) is 13.7. The molecule has 0 bridgehead atoms. The number of anilines is 2. The van der Waals surface area contributed by atoms with Crippen molar-refractivity contribution in [1.82, 2.24) is 0 Å². The first-order valence-electron chi connectivity index (χ1n) is 9.19. The van der Waals surface area contributed by atoms with E-state index in [-0.39, 0.29) is 0 Å². The Kier molecular flexibility index (Phi) is 5.24. The van der Waals surface area contributed by atoms with Crippen LogP contribution >= 0.6 is 0 Å². The van der Waals surface area contributed by atoms with Gasteiger partial charge in [-0.05, 0) is 40.4 Å². The second-order valence-corrected chi connectivity index (χ2v) is 6.61. The molecule has 4 aromatic carbocycles. The van der Waals surface area contributed by atoms with Crippen molar-refractivity contribution < 1.29 is 10.0 Å². The van der Waals surface area contributed by atoms with Crippen molar-refractivity contribution in [3.05, 3.63) is 103 Å². The van der Waals surface area contributed by atoms with Crippen LogP contribution in [0.5, 0.6) is 0 Å². The molecule has 0 amide bonds. The molecule has 4 heteroatoms. The topological polar surface area (TPSA) is 52.5 Å². The average Bonchev–Trinajstić information content (AvgIpc) is 2.75. The molecule has 0 atom stereocenters. The summed E-state index contributed by atoms with van der Waals surface area (Å²) in [7, 11) is -1.46. The van der Waals surface area contributed by atoms with E-state index in [1.165, 1.54) is 5.56 Å². The van der Waals surface area contributed by atoms with Crippen molar-refractivity contribution >= 4 is 24.0 Å². The minimum absolute atomic E-state index is 0.483. The zero-order valence-electron chi connectivity index (χ0n) is 15.3. The second-order valence-electron chi connectivity index (χ2n) is 6.61. The van der Waals surface area contributed by atoms with E-state index in [4.69, 9.17) is 0 Å². The summed E-state index contributed by atoms with van der Waals surface area (Å²) in [5.41, 5.74) is 6.80. The van der Waals surface area contributed by atoms with E-state index in [1.807, 2.05) is 66.7 Å². The van der Waals surface area contributed by atoms with Gasteiger partial charge in [0.15, 0.2) is 0 Å². The molecule has 3 N–H and O–H groups in total. The lowest BCUT2D eigenvalue weighted by Crippen LogP contribution is -2.29. The van der Waals surface area contributed by atoms with Gasteiger partial charge in [0, 0.05) is 16.9 Å². The molecule has 4 rings (SSSR count). The third kappa shape index (κ3) is 3.99. The third-order valence-corrected chi connectivity index (χ3v) is 4.69. The standard InChI is InChI=1S/C24H20BNO2/c27-25(28)21-10-6-9-20(17-21)18-13-15-22(16-14-18)26-24-12-5-4-11-23(24)19-7-2-1-3-8-19/h1-17,26-28H. The van der Waals surface area contributed by atoms with Gasteiger partial charge in [-0.2, -0.15) is 0 Å². The monoisotopic (exact) mass is 365 g/mol. The lowest BCUT2D eigenvalue weighted by Gasteiger charge is -2.13. The van der Waals surface area contributed by atoms with Crippen LogP contribution in [-0.2, 0) is 0 Å². The Morgan fingerprint density at radius 2 is 1.25 bits per heavy atom. The summed E-state index contributed by atoms with van der Waals surface area (Å²) in [6, 6.07) is 33.9. The highest BCUT2D eigenvalue weighted by atomic mass is 16.4. The summed E-state index contributed by atoms with van der Waals surface area (Å²) in [5, 5.41) is 22.2. The largest absolute Gasteiger partial charge is 0.488 e. The van der Waals surface area contributed by atoms with Gasteiger partial charge >= 0.3 is 7.12 Å². The lowest BCUT2D eigenvalue weighted by molar-refractivity contribution is 0.426. The highest BCUT2D eigenvalue weighted by Crippen LogP contribution is 2.30. The van der Waals surface area contributed by atoms with Crippen molar-refractivity contribution in [2.45, 2.75) is 0 Å². The smallest absolute Gasteiger partial charge is 0.423 e. The minimum Gasteiger partial charge on any atom is -0.423 e. The van der Waals surface area contributed by atoms with Crippen LogP contribution in [0.3, 0.4) is 0 Å². The Hall–Kier alpha value is -3.34. The highest BCUT2D eigenvalue weighted by Gasteiger charge is 2.11. The van der Waals surface area contributed by atoms with Crippen LogP contribution in [0, 0.1) is 0 Å². The number of rotatable bonds is 5. The molecule has 0 spiro atoms. The summed E-state index contributed by atoms with van der Waals surface area (Å²) >= 11 is 0. The van der Waals surface area contributed by atoms with Gasteiger partial charge in [-0.15, -0.1) is 0 Å². The summed E-state index contributed by atoms with van der Waals surface area (Å²) in [6.07, 6.45) is 0. The summed E-state index contributed by atoms with van der Waals surface area (Å²) in [4.78, 5) is 0. The van der Waals surface area contributed by atoms with Crippen LogP contribution in [-0.4, -0.2) is 17.2 Å². The number of hydrogen-bond donors (Lipinski definition) is 3. The number of nitrogens with one attached hydrogen (secondary N) is 1. The van der Waals surface area contributed by atoms with Gasteiger partial charge in [0.2, 0.25) is 0 Å². The Labute approximate surface area is 165 Å². The maximum atomic E-state index is 9.37. The van der Waals surface area contributed by atoms with Crippen LogP contribution < -0.4 is 10.8 Å². The summed E-state index contributed by atoms with van der Waals surface area (Å²) < 4.78 is 0. The van der Waals surface area contributed by atoms with Crippen LogP contribution in [0.25, 0.3) is 22.3 Å². The van der Waals surface area contributed by atoms with E-state index in [0.717, 1.165) is 28.1 Å². The van der Waals surface area contributed by atoms with Crippen LogP contribution in [0.15, 0.2) is 103 Å². The maximum absolute atomic E-state index is 9.37. The molecule has 0 radical (unpaired) electrons. The minimum atomic E-state index is -1.46. The molecule has 0 aromatic heterocycles. The molecule has 0 unspecified atom stereocenters. The van der Waals surface area contributed by atoms with Crippen molar-refractivity contribution in [3.8, 4) is 22.3 Å². The normalized spacial score (nSPS) is 10.5. The second kappa shape index (κ2) is 8.13. The first-order valence-corrected chi connectivity index (χ1v) is 9.19. The molecular formula is C24H20BNO2. The zero-order valence-corrected chi connectivity index (χ0v) is 15.3. The predicted octanol–water partition coefficient (Wildman–Crippen LogP) is 4.44. The highest BCUT2D eigenvalue weighted by molar-refractivity contribution is 6.58. The van der Waals surface area contributed by atoms with E-state index in [0.29, 0.717) is 5.46 Å². The van der Waals surface area contributed by atoms with Crippen LogP contribution in [0.1, 0.15) is 0 Å². The molecule has 3 nitrogen and oxygen atoms in total. The van der Waals surface area contributed by atoms with Crippen molar-refractivity contribution in [2.24, 2.45) is 0 Å². The Morgan fingerprint density at radius 3 is 2.00 bits per heavy atom. The SMILES string of the molecule is OB(O)c1cccc(-c2ccc(Nc3ccccc3-c3ccccc3)cc2)c1. The molecule has 0 fully saturated rings. The fourth-order valence-corrected chi connectivity index (χ4v) is 3.24. The molecule has 0 saturated carbocycles. The fraction of sp³-hybridized carbons (Fsp3) is 0. The first kappa shape index (κ1) is 18.0. The summed E-state index contributed by atoms with van der Waals surface area (Å²) in [6.45, 7) is 0. The van der Waals surface area contributed by atoms with Gasteiger partial charge in [0.1, 0.15) is 0 Å². The van der Waals surface area contributed by atoms with Gasteiger partial charge in [-0.3, -0.25) is 0 Å². The molecule has 0 heterocycles. The van der Waals surface area contributed by atoms with E-state index in [9.17, 15) is 10.0 Å². The van der Waals surface area contributed by atoms with Crippen molar-refractivity contribution in [3.63, 3.8) is 0 Å². The van der Waals surface area contributed by atoms with Crippen molar-refractivity contribution in [2.75, 3.05) is 5.32 Å². The molecule has 0 saturated heterocycles. The fourth-order valence-electron chi connectivity index (χ4n) is 3.24. The molecule has 0 aliphatic rings. The molecule has 0 aliphatic heterocycles. The van der Waals surface area contributed by atoms with Gasteiger partial charge < -0.3 is 15.4 Å². The third-order valence-electron chi connectivity index (χ3n) is 4.69. The van der Waals surface area contributed by atoms with Crippen LogP contribution in [0.2, 0.25) is 0 Å². The number of benzene rings is 4. The summed E-state index contributed by atoms with van der Waals surface area (Å²) in [5.74, 6) is 0. The average molecular weight is 365 g/mol. The molecule has 28 heavy (non-hydrogen) atoms. The van der Waals surface area contributed by atoms with Crippen molar-refractivity contribution in [1.29, 1.82) is 0 Å². The van der Waals surface area contributed by atoms with Gasteiger partial charge in [-0.25, -0.2) is 0 Å². The molecule has 0 aliphatic carbocycles. The van der Waals surface area contributed by atoms with E-state index < -0.39 is 7.12 Å². The Morgan fingerprint density at radius 1 is 0.571 bits per heavy atom. The zero-order chi connectivity index (χ0) is 19.3. The van der Waals surface area contributed by atoms with E-state index in [1.54, 1.807) is 12.1 Å². The maximum Gasteiger partial charge on any atom is 0.488 e. The van der Waals surface area contributed by atoms with E-state index >= 15 is 0 Å². The van der Waals surface area contributed by atoms with E-state index in [2.05, 4.69) is 29.6 Å².